The number of halogens is 1. The van der Waals surface area contributed by atoms with Crippen LogP contribution in [0.2, 0.25) is 0 Å². The van der Waals surface area contributed by atoms with Gasteiger partial charge < -0.3 is 14.6 Å². The van der Waals surface area contributed by atoms with Crippen LogP contribution in [0.25, 0.3) is 0 Å². The molecular weight excluding hydrogens is 203 g/mol. The molecule has 82 valence electrons. The lowest BCUT2D eigenvalue weighted by atomic mass is 10.1. The maximum atomic E-state index is 13.2. The third-order valence-electron chi connectivity index (χ3n) is 1.76. The molecule has 0 saturated heterocycles. The summed E-state index contributed by atoms with van der Waals surface area (Å²) in [5.74, 6) is -1.86. The van der Waals surface area contributed by atoms with E-state index in [0.29, 0.717) is 0 Å². The highest BCUT2D eigenvalue weighted by Gasteiger charge is 2.23. The minimum atomic E-state index is -1.34. The van der Waals surface area contributed by atoms with Crippen LogP contribution in [0.4, 0.5) is 4.39 Å². The molecule has 0 bridgehead atoms. The molecule has 1 unspecified atom stereocenters. The third-order valence-corrected chi connectivity index (χ3v) is 1.76. The second-order valence-electron chi connectivity index (χ2n) is 2.81. The van der Waals surface area contributed by atoms with Crippen LogP contribution < -0.4 is 0 Å². The van der Waals surface area contributed by atoms with Gasteiger partial charge in [-0.2, -0.15) is 0 Å². The maximum absolute atomic E-state index is 13.2. The van der Waals surface area contributed by atoms with Crippen molar-refractivity contribution in [2.24, 2.45) is 0 Å². The lowest BCUT2D eigenvalue weighted by Gasteiger charge is -2.13. The Bertz CT molecular complexity index is 340. The second kappa shape index (κ2) is 5.43. The fourth-order valence-electron chi connectivity index (χ4n) is 1.12. The van der Waals surface area contributed by atoms with Crippen molar-refractivity contribution in [3.8, 4) is 0 Å². The smallest absolute Gasteiger partial charge is 0.337 e. The number of hydrogen-bond donors (Lipinski definition) is 1. The number of ether oxygens (including phenoxy) is 2. The summed E-state index contributed by atoms with van der Waals surface area (Å²) in [6.07, 6.45) is -1.34. The number of carboxylic acid groups (broad SMARTS) is 1. The van der Waals surface area contributed by atoms with E-state index in [1.165, 1.54) is 25.3 Å². The zero-order chi connectivity index (χ0) is 11.3. The Kier molecular flexibility index (Phi) is 4.20. The maximum Gasteiger partial charge on any atom is 0.337 e. The van der Waals surface area contributed by atoms with E-state index in [1.807, 2.05) is 0 Å². The van der Waals surface area contributed by atoms with Crippen molar-refractivity contribution in [2.45, 2.75) is 6.10 Å². The van der Waals surface area contributed by atoms with Gasteiger partial charge in [0, 0.05) is 12.7 Å². The molecule has 0 amide bonds. The first-order valence-electron chi connectivity index (χ1n) is 4.24. The van der Waals surface area contributed by atoms with Crippen LogP contribution in [0.15, 0.2) is 24.3 Å². The SMILES string of the molecule is COCOC(C(=O)O)c1ccccc1F. The van der Waals surface area contributed by atoms with Crippen molar-refractivity contribution in [3.05, 3.63) is 35.6 Å². The monoisotopic (exact) mass is 214 g/mol. The van der Waals surface area contributed by atoms with E-state index in [2.05, 4.69) is 4.74 Å². The number of methoxy groups -OCH3 is 1. The van der Waals surface area contributed by atoms with Crippen molar-refractivity contribution >= 4 is 5.97 Å². The van der Waals surface area contributed by atoms with Gasteiger partial charge in [-0.25, -0.2) is 9.18 Å². The Morgan fingerprint density at radius 1 is 1.53 bits per heavy atom. The molecule has 1 aromatic rings. The fraction of sp³-hybridized carbons (Fsp3) is 0.300. The molecule has 1 aromatic carbocycles. The first-order chi connectivity index (χ1) is 7.16. The standard InChI is InChI=1S/C10H11FO4/c1-14-6-15-9(10(12)13)7-4-2-3-5-8(7)11/h2-5,9H,6H2,1H3,(H,12,13). The quantitative estimate of drug-likeness (QED) is 0.756. The number of benzene rings is 1. The van der Waals surface area contributed by atoms with Gasteiger partial charge in [0.2, 0.25) is 0 Å². The molecule has 1 N–H and O–H groups in total. The molecule has 0 saturated carbocycles. The highest BCUT2D eigenvalue weighted by atomic mass is 19.1. The molecule has 1 rings (SSSR count). The molecule has 5 heteroatoms. The van der Waals surface area contributed by atoms with E-state index in [-0.39, 0.29) is 12.4 Å². The van der Waals surface area contributed by atoms with Crippen molar-refractivity contribution in [1.82, 2.24) is 0 Å². The van der Waals surface area contributed by atoms with Crippen LogP contribution in [0.5, 0.6) is 0 Å². The Balaban J connectivity index is 2.89. The average Bonchev–Trinajstić information content (AvgIpc) is 2.20. The minimum Gasteiger partial charge on any atom is -0.479 e. The highest BCUT2D eigenvalue weighted by molar-refractivity contribution is 5.74. The molecule has 0 spiro atoms. The number of carbonyl (C=O) groups is 1. The number of aliphatic carboxylic acids is 1. The molecule has 0 aromatic heterocycles. The minimum absolute atomic E-state index is 0.0120. The topological polar surface area (TPSA) is 55.8 Å². The molecule has 4 nitrogen and oxygen atoms in total. The summed E-state index contributed by atoms with van der Waals surface area (Å²) in [5, 5.41) is 8.83. The van der Waals surface area contributed by atoms with Crippen molar-refractivity contribution in [1.29, 1.82) is 0 Å². The number of hydrogen-bond acceptors (Lipinski definition) is 3. The van der Waals surface area contributed by atoms with Crippen LogP contribution in [-0.2, 0) is 14.3 Å². The van der Waals surface area contributed by atoms with Crippen LogP contribution in [0, 0.1) is 5.82 Å². The summed E-state index contributed by atoms with van der Waals surface area (Å²) < 4.78 is 22.7. The Morgan fingerprint density at radius 2 is 2.20 bits per heavy atom. The summed E-state index contributed by atoms with van der Waals surface area (Å²) in [7, 11) is 1.36. The highest BCUT2D eigenvalue weighted by Crippen LogP contribution is 2.20. The molecule has 1 atom stereocenters. The van der Waals surface area contributed by atoms with E-state index in [1.54, 1.807) is 6.07 Å². The van der Waals surface area contributed by atoms with Gasteiger partial charge in [0.25, 0.3) is 0 Å². The Morgan fingerprint density at radius 3 is 2.73 bits per heavy atom. The molecule has 15 heavy (non-hydrogen) atoms. The number of carboxylic acids is 1. The van der Waals surface area contributed by atoms with Gasteiger partial charge in [0.1, 0.15) is 12.6 Å². The summed E-state index contributed by atoms with van der Waals surface area (Å²) in [4.78, 5) is 10.8. The zero-order valence-corrected chi connectivity index (χ0v) is 8.14. The van der Waals surface area contributed by atoms with Crippen LogP contribution in [-0.4, -0.2) is 25.0 Å². The van der Waals surface area contributed by atoms with Gasteiger partial charge in [-0.15, -0.1) is 0 Å². The normalized spacial score (nSPS) is 12.4. The van der Waals surface area contributed by atoms with Crippen molar-refractivity contribution in [2.75, 3.05) is 13.9 Å². The first-order valence-corrected chi connectivity index (χ1v) is 4.24. The van der Waals surface area contributed by atoms with Crippen LogP contribution in [0.1, 0.15) is 11.7 Å². The summed E-state index contributed by atoms with van der Waals surface area (Å²) in [5.41, 5.74) is -0.0120. The molecule has 0 radical (unpaired) electrons. The largest absolute Gasteiger partial charge is 0.479 e. The lowest BCUT2D eigenvalue weighted by molar-refractivity contribution is -0.159. The molecule has 0 aliphatic heterocycles. The molecule has 0 aliphatic carbocycles. The van der Waals surface area contributed by atoms with Crippen molar-refractivity contribution < 1.29 is 23.8 Å². The Hall–Kier alpha value is -1.46. The first kappa shape index (κ1) is 11.6. The predicted molar refractivity (Wildman–Crippen MR) is 49.7 cm³/mol. The van der Waals surface area contributed by atoms with Gasteiger partial charge in [-0.05, 0) is 6.07 Å². The summed E-state index contributed by atoms with van der Waals surface area (Å²) in [6.45, 7) is -0.203. The second-order valence-corrected chi connectivity index (χ2v) is 2.81. The molecule has 0 heterocycles. The fourth-order valence-corrected chi connectivity index (χ4v) is 1.12. The van der Waals surface area contributed by atoms with Gasteiger partial charge in [-0.3, -0.25) is 0 Å². The summed E-state index contributed by atoms with van der Waals surface area (Å²) >= 11 is 0. The lowest BCUT2D eigenvalue weighted by Crippen LogP contribution is -2.17. The molecule has 0 fully saturated rings. The average molecular weight is 214 g/mol. The molecule has 0 aliphatic rings. The van der Waals surface area contributed by atoms with Crippen LogP contribution >= 0.6 is 0 Å². The summed E-state index contributed by atoms with van der Waals surface area (Å²) in [6, 6.07) is 5.57. The van der Waals surface area contributed by atoms with E-state index in [9.17, 15) is 9.18 Å². The van der Waals surface area contributed by atoms with Gasteiger partial charge in [0.15, 0.2) is 6.10 Å². The van der Waals surface area contributed by atoms with E-state index >= 15 is 0 Å². The zero-order valence-electron chi connectivity index (χ0n) is 8.14. The van der Waals surface area contributed by atoms with Crippen LogP contribution in [0.3, 0.4) is 0 Å². The van der Waals surface area contributed by atoms with Gasteiger partial charge in [0.05, 0.1) is 0 Å². The molecular formula is C10H11FO4. The van der Waals surface area contributed by atoms with E-state index in [4.69, 9.17) is 9.84 Å². The van der Waals surface area contributed by atoms with E-state index < -0.39 is 17.9 Å². The van der Waals surface area contributed by atoms with Gasteiger partial charge in [-0.1, -0.05) is 18.2 Å². The number of rotatable bonds is 5. The predicted octanol–water partition coefficient (Wildman–Crippen LogP) is 1.57. The third kappa shape index (κ3) is 3.00. The van der Waals surface area contributed by atoms with E-state index in [0.717, 1.165) is 0 Å². The van der Waals surface area contributed by atoms with Gasteiger partial charge >= 0.3 is 5.97 Å². The Labute approximate surface area is 86.2 Å². The van der Waals surface area contributed by atoms with Crippen molar-refractivity contribution in [3.63, 3.8) is 0 Å².